The van der Waals surface area contributed by atoms with Crippen molar-refractivity contribution < 1.29 is 0 Å². The van der Waals surface area contributed by atoms with Gasteiger partial charge in [-0.3, -0.25) is 4.40 Å². The molecule has 0 aliphatic rings. The molecule has 166 valence electrons. The van der Waals surface area contributed by atoms with Gasteiger partial charge >= 0.3 is 0 Å². The van der Waals surface area contributed by atoms with Gasteiger partial charge in [0.05, 0.1) is 11.4 Å². The van der Waals surface area contributed by atoms with Crippen molar-refractivity contribution in [2.75, 3.05) is 5.32 Å². The second kappa shape index (κ2) is 7.77. The number of fused-ring (bicyclic) bond motifs is 3. The molecule has 1 N–H and O–H groups in total. The Morgan fingerprint density at radius 1 is 0.667 bits per heavy atom. The number of pyridine rings is 1. The molecule has 0 aliphatic heterocycles. The van der Waals surface area contributed by atoms with Crippen LogP contribution in [0, 0.1) is 48.5 Å². The Morgan fingerprint density at radius 3 is 1.97 bits per heavy atom. The maximum atomic E-state index is 5.18. The molecule has 0 aliphatic carbocycles. The maximum Gasteiger partial charge on any atom is 0.152 e. The zero-order valence-electron chi connectivity index (χ0n) is 20.6. The van der Waals surface area contributed by atoms with E-state index in [1.54, 1.807) is 0 Å². The third-order valence-electron chi connectivity index (χ3n) is 7.51. The zero-order valence-corrected chi connectivity index (χ0v) is 20.6. The van der Waals surface area contributed by atoms with Gasteiger partial charge in [-0.1, -0.05) is 48.5 Å². The summed E-state index contributed by atoms with van der Waals surface area (Å²) in [6.45, 7) is 15.4. The first-order chi connectivity index (χ1) is 15.8. The highest BCUT2D eigenvalue weighted by molar-refractivity contribution is 5.99. The molecule has 0 radical (unpaired) electrons. The summed E-state index contributed by atoms with van der Waals surface area (Å²) in [5.41, 5.74) is 13.5. The predicted molar refractivity (Wildman–Crippen MR) is 141 cm³/mol. The summed E-state index contributed by atoms with van der Waals surface area (Å²) >= 11 is 0. The topological polar surface area (TPSA) is 29.3 Å². The van der Waals surface area contributed by atoms with Crippen LogP contribution < -0.4 is 5.32 Å². The number of nitrogens with one attached hydrogen (secondary N) is 1. The number of rotatable bonds is 3. The zero-order chi connectivity index (χ0) is 23.4. The van der Waals surface area contributed by atoms with Gasteiger partial charge < -0.3 is 5.32 Å². The summed E-state index contributed by atoms with van der Waals surface area (Å²) in [5, 5.41) is 6.15. The third kappa shape index (κ3) is 3.22. The molecule has 3 heteroatoms. The Kier molecular flexibility index (Phi) is 5.01. The molecule has 0 saturated heterocycles. The molecule has 2 aromatic heterocycles. The van der Waals surface area contributed by atoms with Crippen LogP contribution in [0.3, 0.4) is 0 Å². The van der Waals surface area contributed by atoms with E-state index in [1.165, 1.54) is 55.4 Å². The van der Waals surface area contributed by atoms with Crippen LogP contribution in [-0.2, 0) is 0 Å². The summed E-state index contributed by atoms with van der Waals surface area (Å²) in [5.74, 6) is 0.912. The average Bonchev–Trinajstić information content (AvgIpc) is 3.16. The average molecular weight is 434 g/mol. The van der Waals surface area contributed by atoms with Gasteiger partial charge in [0.25, 0.3) is 0 Å². The summed E-state index contributed by atoms with van der Waals surface area (Å²) in [7, 11) is 0. The van der Waals surface area contributed by atoms with E-state index in [1.807, 2.05) is 0 Å². The minimum Gasteiger partial charge on any atom is -0.338 e. The molecule has 33 heavy (non-hydrogen) atoms. The first kappa shape index (κ1) is 21.3. The highest BCUT2D eigenvalue weighted by Crippen LogP contribution is 2.36. The summed E-state index contributed by atoms with van der Waals surface area (Å²) < 4.78 is 2.30. The SMILES string of the molecule is Cc1c(C)c(C)c(Nc2nc3c4cccc(C)c4cc(-c4ccccc4)n3c2C)c(C)c1C. The van der Waals surface area contributed by atoms with Gasteiger partial charge in [0.1, 0.15) is 5.65 Å². The monoisotopic (exact) mass is 433 g/mol. The van der Waals surface area contributed by atoms with Crippen molar-refractivity contribution in [1.29, 1.82) is 0 Å². The van der Waals surface area contributed by atoms with E-state index in [9.17, 15) is 0 Å². The number of aromatic nitrogens is 2. The van der Waals surface area contributed by atoms with Crippen molar-refractivity contribution in [2.24, 2.45) is 0 Å². The van der Waals surface area contributed by atoms with E-state index in [2.05, 4.69) is 113 Å². The van der Waals surface area contributed by atoms with Crippen molar-refractivity contribution in [3.8, 4) is 11.3 Å². The number of aryl methyl sites for hydroxylation is 2. The first-order valence-electron chi connectivity index (χ1n) is 11.6. The number of imidazole rings is 1. The molecule has 0 amide bonds. The van der Waals surface area contributed by atoms with Gasteiger partial charge in [-0.2, -0.15) is 0 Å². The summed E-state index contributed by atoms with van der Waals surface area (Å²) in [6.07, 6.45) is 0. The fraction of sp³-hybridized carbons (Fsp3) is 0.233. The van der Waals surface area contributed by atoms with Crippen molar-refractivity contribution in [2.45, 2.75) is 48.5 Å². The number of hydrogen-bond acceptors (Lipinski definition) is 2. The van der Waals surface area contributed by atoms with Gasteiger partial charge in [0.2, 0.25) is 0 Å². The second-order valence-electron chi connectivity index (χ2n) is 9.26. The van der Waals surface area contributed by atoms with Crippen LogP contribution in [0.15, 0.2) is 54.6 Å². The van der Waals surface area contributed by atoms with E-state index in [0.717, 1.165) is 22.9 Å². The second-order valence-corrected chi connectivity index (χ2v) is 9.26. The number of anilines is 2. The predicted octanol–water partition coefficient (Wildman–Crippen LogP) is 8.06. The van der Waals surface area contributed by atoms with Gasteiger partial charge in [-0.05, 0) is 98.9 Å². The molecule has 0 atom stereocenters. The van der Waals surface area contributed by atoms with E-state index in [4.69, 9.17) is 4.98 Å². The van der Waals surface area contributed by atoms with Gasteiger partial charge in [0.15, 0.2) is 5.82 Å². The van der Waals surface area contributed by atoms with Crippen LogP contribution >= 0.6 is 0 Å². The lowest BCUT2D eigenvalue weighted by atomic mass is 9.93. The van der Waals surface area contributed by atoms with Crippen molar-refractivity contribution in [3.05, 3.63) is 93.7 Å². The van der Waals surface area contributed by atoms with Crippen LogP contribution in [0.2, 0.25) is 0 Å². The Hall–Kier alpha value is -3.59. The molecule has 5 aromatic rings. The lowest BCUT2D eigenvalue weighted by Crippen LogP contribution is -2.04. The molecule has 0 spiro atoms. The van der Waals surface area contributed by atoms with Gasteiger partial charge in [-0.25, -0.2) is 4.98 Å². The third-order valence-corrected chi connectivity index (χ3v) is 7.51. The lowest BCUT2D eigenvalue weighted by molar-refractivity contribution is 1.12. The molecule has 0 bridgehead atoms. The molecule has 0 saturated carbocycles. The van der Waals surface area contributed by atoms with Crippen LogP contribution in [0.1, 0.15) is 39.1 Å². The van der Waals surface area contributed by atoms with Gasteiger partial charge in [-0.15, -0.1) is 0 Å². The fourth-order valence-electron chi connectivity index (χ4n) is 4.99. The maximum absolute atomic E-state index is 5.18. The van der Waals surface area contributed by atoms with Crippen LogP contribution in [0.5, 0.6) is 0 Å². The van der Waals surface area contributed by atoms with Crippen LogP contribution in [-0.4, -0.2) is 9.38 Å². The highest BCUT2D eigenvalue weighted by atomic mass is 15.1. The van der Waals surface area contributed by atoms with Crippen molar-refractivity contribution in [3.63, 3.8) is 0 Å². The van der Waals surface area contributed by atoms with E-state index in [0.29, 0.717) is 0 Å². The van der Waals surface area contributed by atoms with E-state index < -0.39 is 0 Å². The van der Waals surface area contributed by atoms with Crippen LogP contribution in [0.25, 0.3) is 27.7 Å². The Labute approximate surface area is 196 Å². The van der Waals surface area contributed by atoms with E-state index in [-0.39, 0.29) is 0 Å². The Balaban J connectivity index is 1.81. The van der Waals surface area contributed by atoms with Crippen molar-refractivity contribution in [1.82, 2.24) is 9.38 Å². The quantitative estimate of drug-likeness (QED) is 0.312. The highest BCUT2D eigenvalue weighted by Gasteiger charge is 2.19. The molecule has 2 heterocycles. The molecule has 3 aromatic carbocycles. The minimum absolute atomic E-state index is 0.912. The van der Waals surface area contributed by atoms with Gasteiger partial charge in [0, 0.05) is 11.1 Å². The fourth-order valence-corrected chi connectivity index (χ4v) is 4.99. The molecule has 3 nitrogen and oxygen atoms in total. The normalized spacial score (nSPS) is 11.5. The number of nitrogens with zero attached hydrogens (tertiary/aromatic N) is 2. The largest absolute Gasteiger partial charge is 0.338 e. The summed E-state index contributed by atoms with van der Waals surface area (Å²) in [6, 6.07) is 19.4. The smallest absolute Gasteiger partial charge is 0.152 e. The number of benzene rings is 3. The molecular weight excluding hydrogens is 402 g/mol. The minimum atomic E-state index is 0.912. The first-order valence-corrected chi connectivity index (χ1v) is 11.6. The van der Waals surface area contributed by atoms with E-state index >= 15 is 0 Å². The Morgan fingerprint density at radius 2 is 1.30 bits per heavy atom. The molecule has 0 fully saturated rings. The molecule has 5 rings (SSSR count). The van der Waals surface area contributed by atoms with Crippen LogP contribution in [0.4, 0.5) is 11.5 Å². The molecular formula is C30H31N3. The Bertz CT molecular complexity index is 1510. The summed E-state index contributed by atoms with van der Waals surface area (Å²) in [4.78, 5) is 5.18. The van der Waals surface area contributed by atoms with Crippen molar-refractivity contribution >= 4 is 27.9 Å². The number of hydrogen-bond donors (Lipinski definition) is 1. The molecule has 0 unspecified atom stereocenters. The standard InChI is InChI=1S/C30H31N3/c1-17-12-11-15-25-26(17)16-27(24-13-9-8-10-14-24)33-23(7)29(32-30(25)33)31-28-21(5)19(3)18(2)20(4)22(28)6/h8-16,31H,1-7H3. The lowest BCUT2D eigenvalue weighted by Gasteiger charge is -2.19.